The van der Waals surface area contributed by atoms with Gasteiger partial charge in [0.2, 0.25) is 0 Å². The summed E-state index contributed by atoms with van der Waals surface area (Å²) in [5.41, 5.74) is -2.03. The Balaban J connectivity index is 3.45. The quantitative estimate of drug-likeness (QED) is 0.376. The highest BCUT2D eigenvalue weighted by Crippen LogP contribution is 2.10. The molecule has 0 aliphatic heterocycles. The van der Waals surface area contributed by atoms with Gasteiger partial charge in [0.25, 0.3) is 5.63 Å². The lowest BCUT2D eigenvalue weighted by atomic mass is 10.1. The van der Waals surface area contributed by atoms with E-state index in [0.29, 0.717) is 0 Å². The molecule has 84 valence electrons. The third-order valence-corrected chi connectivity index (χ3v) is 2.14. The Morgan fingerprint density at radius 2 is 2.07 bits per heavy atom. The highest BCUT2D eigenvalue weighted by Gasteiger charge is 2.17. The number of ether oxygens (including phenoxy) is 1. The molecule has 2 atom stereocenters. The summed E-state index contributed by atoms with van der Waals surface area (Å²) in [6, 6.07) is 0. The maximum absolute atomic E-state index is 12.2. The van der Waals surface area contributed by atoms with E-state index in [0.717, 1.165) is 19.3 Å². The number of unbranched alkanes of at least 4 members (excludes halogenated alkanes) is 3. The number of rotatable bonds is 7. The van der Waals surface area contributed by atoms with Gasteiger partial charge in [0.05, 0.1) is 6.10 Å². The van der Waals surface area contributed by atoms with E-state index in [1.165, 1.54) is 12.8 Å². The normalized spacial score (nSPS) is 14.9. The predicted octanol–water partition coefficient (Wildman–Crippen LogP) is 3.42. The third kappa shape index (κ3) is 7.13. The topological polar surface area (TPSA) is 26.3 Å². The molecule has 0 amide bonds. The average molecular weight is 225 g/mol. The van der Waals surface area contributed by atoms with Gasteiger partial charge < -0.3 is 4.74 Å². The molecule has 0 rings (SSSR count). The number of hydrogen-bond acceptors (Lipinski definition) is 2. The fraction of sp³-hybridized carbons (Fsp3) is 0.900. The minimum absolute atomic E-state index is 0.239. The largest absolute Gasteiger partial charge is 0.460 e. The molecule has 0 saturated carbocycles. The van der Waals surface area contributed by atoms with Gasteiger partial charge >= 0.3 is 5.97 Å². The number of hydrogen-bond donors (Lipinski definition) is 0. The second-order valence-electron chi connectivity index (χ2n) is 3.40. The van der Waals surface area contributed by atoms with Crippen molar-refractivity contribution >= 4 is 17.6 Å². The molecule has 0 heterocycles. The molecule has 0 aromatic rings. The molecule has 0 N–H and O–H groups in total. The highest BCUT2D eigenvalue weighted by atomic mass is 35.5. The van der Waals surface area contributed by atoms with Crippen molar-refractivity contribution in [2.75, 3.05) is 0 Å². The van der Waals surface area contributed by atoms with Crippen molar-refractivity contribution in [2.45, 2.75) is 57.7 Å². The van der Waals surface area contributed by atoms with E-state index in [2.05, 4.69) is 6.92 Å². The number of alkyl halides is 2. The SMILES string of the molecule is CCCCCC[C@@H](C)OC(=O)[C@@H](F)Cl. The summed E-state index contributed by atoms with van der Waals surface area (Å²) in [7, 11) is 0. The molecule has 0 aliphatic rings. The third-order valence-electron chi connectivity index (χ3n) is 1.96. The van der Waals surface area contributed by atoms with Gasteiger partial charge in [0.1, 0.15) is 0 Å². The zero-order chi connectivity index (χ0) is 11.0. The Bertz CT molecular complexity index is 162. The van der Waals surface area contributed by atoms with Gasteiger partial charge in [-0.2, -0.15) is 0 Å². The molecule has 0 saturated heterocycles. The zero-order valence-corrected chi connectivity index (χ0v) is 9.52. The summed E-state index contributed by atoms with van der Waals surface area (Å²) >= 11 is 4.91. The van der Waals surface area contributed by atoms with Crippen LogP contribution in [-0.4, -0.2) is 17.7 Å². The standard InChI is InChI=1S/C10H18ClFO2/c1-3-4-5-6-7-8(2)14-10(13)9(11)12/h8-9H,3-7H2,1-2H3/t8-,9-/m1/s1. The molecule has 0 aliphatic carbocycles. The number of halogens is 2. The number of carbonyl (C=O) groups excluding carboxylic acids is 1. The van der Waals surface area contributed by atoms with Crippen LogP contribution < -0.4 is 0 Å². The Kier molecular flexibility index (Phi) is 7.86. The van der Waals surface area contributed by atoms with Crippen molar-refractivity contribution in [1.29, 1.82) is 0 Å². The van der Waals surface area contributed by atoms with Crippen LogP contribution in [0.1, 0.15) is 46.0 Å². The molecule has 0 unspecified atom stereocenters. The highest BCUT2D eigenvalue weighted by molar-refractivity contribution is 6.28. The van der Waals surface area contributed by atoms with Gasteiger partial charge in [0.15, 0.2) is 0 Å². The summed E-state index contributed by atoms with van der Waals surface area (Å²) in [5.74, 6) is -0.977. The second-order valence-corrected chi connectivity index (χ2v) is 3.78. The zero-order valence-electron chi connectivity index (χ0n) is 8.76. The molecule has 0 bridgehead atoms. The molecular formula is C10H18ClFO2. The van der Waals surface area contributed by atoms with E-state index < -0.39 is 11.6 Å². The van der Waals surface area contributed by atoms with Crippen molar-refractivity contribution in [3.8, 4) is 0 Å². The van der Waals surface area contributed by atoms with Crippen LogP contribution in [0.15, 0.2) is 0 Å². The van der Waals surface area contributed by atoms with E-state index in [1.807, 2.05) is 0 Å². The van der Waals surface area contributed by atoms with Crippen LogP contribution in [0.2, 0.25) is 0 Å². The predicted molar refractivity (Wildman–Crippen MR) is 55.1 cm³/mol. The fourth-order valence-electron chi connectivity index (χ4n) is 1.17. The van der Waals surface area contributed by atoms with E-state index >= 15 is 0 Å². The lowest BCUT2D eigenvalue weighted by molar-refractivity contribution is -0.151. The Morgan fingerprint density at radius 1 is 1.43 bits per heavy atom. The molecule has 4 heteroatoms. The average Bonchev–Trinajstić information content (AvgIpc) is 2.12. The lowest BCUT2D eigenvalue weighted by Gasteiger charge is -2.12. The van der Waals surface area contributed by atoms with E-state index in [4.69, 9.17) is 16.3 Å². The van der Waals surface area contributed by atoms with Crippen LogP contribution >= 0.6 is 11.6 Å². The smallest absolute Gasteiger partial charge is 0.356 e. The van der Waals surface area contributed by atoms with Crippen molar-refractivity contribution < 1.29 is 13.9 Å². The van der Waals surface area contributed by atoms with Crippen LogP contribution in [0.25, 0.3) is 0 Å². The summed E-state index contributed by atoms with van der Waals surface area (Å²) in [6.45, 7) is 3.88. The van der Waals surface area contributed by atoms with Gasteiger partial charge in [-0.15, -0.1) is 0 Å². The van der Waals surface area contributed by atoms with Crippen molar-refractivity contribution in [2.24, 2.45) is 0 Å². The molecule has 2 nitrogen and oxygen atoms in total. The first kappa shape index (κ1) is 13.7. The molecule has 0 fully saturated rings. The summed E-state index contributed by atoms with van der Waals surface area (Å²) in [4.78, 5) is 10.7. The summed E-state index contributed by atoms with van der Waals surface area (Å²) in [6.07, 6.45) is 5.01. The summed E-state index contributed by atoms with van der Waals surface area (Å²) in [5, 5.41) is 0. The number of carbonyl (C=O) groups is 1. The Morgan fingerprint density at radius 3 is 2.57 bits per heavy atom. The molecule has 0 spiro atoms. The minimum Gasteiger partial charge on any atom is -0.460 e. The number of esters is 1. The van der Waals surface area contributed by atoms with Crippen LogP contribution in [0.3, 0.4) is 0 Å². The fourth-order valence-corrected chi connectivity index (χ4v) is 1.22. The maximum Gasteiger partial charge on any atom is 0.356 e. The van der Waals surface area contributed by atoms with Gasteiger partial charge in [-0.1, -0.05) is 37.8 Å². The lowest BCUT2D eigenvalue weighted by Crippen LogP contribution is -2.20. The Labute approximate surface area is 89.8 Å². The first-order chi connectivity index (χ1) is 6.57. The van der Waals surface area contributed by atoms with Gasteiger partial charge in [-0.05, 0) is 19.8 Å². The van der Waals surface area contributed by atoms with E-state index in [9.17, 15) is 9.18 Å². The first-order valence-electron chi connectivity index (χ1n) is 5.06. The minimum atomic E-state index is -2.03. The maximum atomic E-state index is 12.2. The van der Waals surface area contributed by atoms with Crippen molar-refractivity contribution in [1.82, 2.24) is 0 Å². The van der Waals surface area contributed by atoms with Crippen molar-refractivity contribution in [3.05, 3.63) is 0 Å². The molecular weight excluding hydrogens is 207 g/mol. The molecule has 0 aromatic heterocycles. The van der Waals surface area contributed by atoms with Gasteiger partial charge in [-0.25, -0.2) is 9.18 Å². The van der Waals surface area contributed by atoms with E-state index in [-0.39, 0.29) is 6.10 Å². The van der Waals surface area contributed by atoms with Crippen LogP contribution in [0.5, 0.6) is 0 Å². The summed E-state index contributed by atoms with van der Waals surface area (Å²) < 4.78 is 16.9. The first-order valence-corrected chi connectivity index (χ1v) is 5.50. The molecule has 0 aromatic carbocycles. The van der Waals surface area contributed by atoms with Gasteiger partial charge in [0, 0.05) is 0 Å². The monoisotopic (exact) mass is 224 g/mol. The van der Waals surface area contributed by atoms with Crippen molar-refractivity contribution in [3.63, 3.8) is 0 Å². The molecule has 0 radical (unpaired) electrons. The van der Waals surface area contributed by atoms with Crippen LogP contribution in [-0.2, 0) is 9.53 Å². The second kappa shape index (κ2) is 8.04. The van der Waals surface area contributed by atoms with E-state index in [1.54, 1.807) is 6.92 Å². The van der Waals surface area contributed by atoms with Crippen LogP contribution in [0.4, 0.5) is 4.39 Å². The molecule has 14 heavy (non-hydrogen) atoms. The Hall–Kier alpha value is -0.310. The van der Waals surface area contributed by atoms with Gasteiger partial charge in [-0.3, -0.25) is 0 Å². The van der Waals surface area contributed by atoms with Crippen LogP contribution in [0, 0.1) is 0 Å².